The molecule has 0 bridgehead atoms. The van der Waals surface area contributed by atoms with Crippen LogP contribution in [0.4, 0.5) is 10.5 Å². The number of hydrogen-bond acceptors (Lipinski definition) is 6. The number of ether oxygens (including phenoxy) is 3. The van der Waals surface area contributed by atoms with E-state index in [-0.39, 0.29) is 37.0 Å². The molecule has 0 spiro atoms. The molecule has 0 saturated carbocycles. The zero-order valence-electron chi connectivity index (χ0n) is 16.4. The van der Waals surface area contributed by atoms with Crippen LogP contribution in [0.5, 0.6) is 0 Å². The Balaban J connectivity index is 1.30. The molecular weight excluding hydrogens is 388 g/mol. The minimum atomic E-state index is -0.639. The second-order valence-corrected chi connectivity index (χ2v) is 7.24. The van der Waals surface area contributed by atoms with Gasteiger partial charge in [-0.3, -0.25) is 14.9 Å². The lowest BCUT2D eigenvalue weighted by Crippen LogP contribution is -2.44. The van der Waals surface area contributed by atoms with Crippen molar-refractivity contribution in [3.05, 3.63) is 65.7 Å². The standard InChI is InChI=1S/C22H22N2O6/c1-13(25)14-7-9-16(10-8-14)23-22(27)30-18-12-29-19-17(11-28-20(18)19)24-21(26)15-5-3-2-4-6-15/h2-10,17-20H,11-12H2,1H3,(H,23,27)(H,24,26)/t17-,18-,19-,20+/m0/s1. The summed E-state index contributed by atoms with van der Waals surface area (Å²) in [7, 11) is 0. The van der Waals surface area contributed by atoms with Crippen molar-refractivity contribution in [2.75, 3.05) is 18.5 Å². The van der Waals surface area contributed by atoms with Crippen molar-refractivity contribution in [2.45, 2.75) is 31.3 Å². The molecule has 8 nitrogen and oxygen atoms in total. The van der Waals surface area contributed by atoms with E-state index in [1.54, 1.807) is 48.5 Å². The lowest BCUT2D eigenvalue weighted by molar-refractivity contribution is 0.00862. The summed E-state index contributed by atoms with van der Waals surface area (Å²) in [4.78, 5) is 35.9. The molecule has 0 radical (unpaired) electrons. The highest BCUT2D eigenvalue weighted by Gasteiger charge is 2.50. The maximum Gasteiger partial charge on any atom is 0.412 e. The average molecular weight is 410 g/mol. The van der Waals surface area contributed by atoms with E-state index < -0.39 is 18.3 Å². The number of Topliss-reactive ketones (excluding diaryl/α,β-unsaturated/α-hetero) is 1. The molecular formula is C22H22N2O6. The fourth-order valence-corrected chi connectivity index (χ4v) is 3.60. The van der Waals surface area contributed by atoms with Crippen LogP contribution < -0.4 is 10.6 Å². The van der Waals surface area contributed by atoms with E-state index in [0.29, 0.717) is 16.8 Å². The number of rotatable bonds is 5. The number of carbonyl (C=O) groups is 3. The van der Waals surface area contributed by atoms with Gasteiger partial charge in [-0.05, 0) is 43.3 Å². The van der Waals surface area contributed by atoms with E-state index in [1.807, 2.05) is 6.07 Å². The molecule has 30 heavy (non-hydrogen) atoms. The van der Waals surface area contributed by atoms with Crippen molar-refractivity contribution in [2.24, 2.45) is 0 Å². The molecule has 2 heterocycles. The summed E-state index contributed by atoms with van der Waals surface area (Å²) in [5, 5.41) is 5.55. The van der Waals surface area contributed by atoms with Gasteiger partial charge in [-0.15, -0.1) is 0 Å². The molecule has 0 aromatic heterocycles. The van der Waals surface area contributed by atoms with Crippen LogP contribution in [0.3, 0.4) is 0 Å². The number of fused-ring (bicyclic) bond motifs is 1. The highest BCUT2D eigenvalue weighted by atomic mass is 16.6. The summed E-state index contributed by atoms with van der Waals surface area (Å²) in [5.74, 6) is -0.255. The molecule has 2 fully saturated rings. The molecule has 156 valence electrons. The third kappa shape index (κ3) is 4.34. The topological polar surface area (TPSA) is 103 Å². The van der Waals surface area contributed by atoms with Gasteiger partial charge in [-0.1, -0.05) is 18.2 Å². The van der Waals surface area contributed by atoms with Crippen LogP contribution >= 0.6 is 0 Å². The summed E-state index contributed by atoms with van der Waals surface area (Å²) in [6.07, 6.45) is -2.05. The number of nitrogens with one attached hydrogen (secondary N) is 2. The Hall–Kier alpha value is -3.23. The van der Waals surface area contributed by atoms with Gasteiger partial charge in [0.1, 0.15) is 12.2 Å². The average Bonchev–Trinajstić information content (AvgIpc) is 3.32. The largest absolute Gasteiger partial charge is 0.441 e. The first-order valence-electron chi connectivity index (χ1n) is 9.69. The molecule has 4 rings (SSSR count). The first kappa shape index (κ1) is 20.1. The molecule has 8 heteroatoms. The SMILES string of the molecule is CC(=O)c1ccc(NC(=O)O[C@H]2CO[C@@H]3[C@@H]2OC[C@@H]3NC(=O)c2ccccc2)cc1. The number of anilines is 1. The Morgan fingerprint density at radius 2 is 1.60 bits per heavy atom. The summed E-state index contributed by atoms with van der Waals surface area (Å²) < 4.78 is 17.0. The first-order valence-corrected chi connectivity index (χ1v) is 9.69. The highest BCUT2D eigenvalue weighted by molar-refractivity contribution is 5.95. The van der Waals surface area contributed by atoms with E-state index in [9.17, 15) is 14.4 Å². The molecule has 2 aromatic carbocycles. The van der Waals surface area contributed by atoms with Gasteiger partial charge in [-0.25, -0.2) is 4.79 Å². The van der Waals surface area contributed by atoms with Crippen molar-refractivity contribution in [3.8, 4) is 0 Å². The lowest BCUT2D eigenvalue weighted by Gasteiger charge is -2.18. The highest BCUT2D eigenvalue weighted by Crippen LogP contribution is 2.29. The molecule has 2 aliphatic rings. The maximum atomic E-state index is 12.4. The number of carbonyl (C=O) groups excluding carboxylic acids is 3. The number of benzene rings is 2. The predicted octanol–water partition coefficient (Wildman–Crippen LogP) is 2.40. The quantitative estimate of drug-likeness (QED) is 0.734. The van der Waals surface area contributed by atoms with Gasteiger partial charge in [0.2, 0.25) is 0 Å². The van der Waals surface area contributed by atoms with E-state index >= 15 is 0 Å². The molecule has 2 N–H and O–H groups in total. The normalized spacial score (nSPS) is 24.7. The first-order chi connectivity index (χ1) is 14.5. The van der Waals surface area contributed by atoms with Gasteiger partial charge in [-0.2, -0.15) is 0 Å². The van der Waals surface area contributed by atoms with Crippen LogP contribution in [0.15, 0.2) is 54.6 Å². The van der Waals surface area contributed by atoms with Crippen LogP contribution in [0.25, 0.3) is 0 Å². The molecule has 2 aromatic rings. The lowest BCUT2D eigenvalue weighted by atomic mass is 10.1. The predicted molar refractivity (Wildman–Crippen MR) is 108 cm³/mol. The van der Waals surface area contributed by atoms with Crippen molar-refractivity contribution in [1.29, 1.82) is 0 Å². The number of ketones is 1. The summed E-state index contributed by atoms with van der Waals surface area (Å²) in [6, 6.07) is 15.1. The zero-order valence-corrected chi connectivity index (χ0v) is 16.4. The van der Waals surface area contributed by atoms with E-state index in [4.69, 9.17) is 14.2 Å². The van der Waals surface area contributed by atoms with Crippen LogP contribution in [0.2, 0.25) is 0 Å². The van der Waals surface area contributed by atoms with Crippen molar-refractivity contribution in [1.82, 2.24) is 5.32 Å². The maximum absolute atomic E-state index is 12.4. The summed E-state index contributed by atoms with van der Waals surface area (Å²) >= 11 is 0. The molecule has 4 atom stereocenters. The second-order valence-electron chi connectivity index (χ2n) is 7.24. The second kappa shape index (κ2) is 8.64. The van der Waals surface area contributed by atoms with Gasteiger partial charge >= 0.3 is 6.09 Å². The van der Waals surface area contributed by atoms with E-state index in [1.165, 1.54) is 6.92 Å². The Morgan fingerprint density at radius 1 is 0.900 bits per heavy atom. The third-order valence-corrected chi connectivity index (χ3v) is 5.16. The minimum Gasteiger partial charge on any atom is -0.441 e. The van der Waals surface area contributed by atoms with Gasteiger partial charge in [0.15, 0.2) is 11.9 Å². The van der Waals surface area contributed by atoms with Crippen molar-refractivity contribution >= 4 is 23.5 Å². The van der Waals surface area contributed by atoms with Crippen LogP contribution in [-0.2, 0) is 14.2 Å². The molecule has 2 aliphatic heterocycles. The van der Waals surface area contributed by atoms with Crippen LogP contribution in [0.1, 0.15) is 27.6 Å². The van der Waals surface area contributed by atoms with Crippen LogP contribution in [-0.4, -0.2) is 55.4 Å². The molecule has 0 aliphatic carbocycles. The van der Waals surface area contributed by atoms with E-state index in [2.05, 4.69) is 10.6 Å². The summed E-state index contributed by atoms with van der Waals surface area (Å²) in [5.41, 5.74) is 1.63. The number of amides is 2. The van der Waals surface area contributed by atoms with Gasteiger partial charge < -0.3 is 19.5 Å². The Bertz CT molecular complexity index is 930. The Kier molecular flexibility index (Phi) is 5.78. The van der Waals surface area contributed by atoms with Crippen molar-refractivity contribution < 1.29 is 28.6 Å². The number of hydrogen-bond donors (Lipinski definition) is 2. The third-order valence-electron chi connectivity index (χ3n) is 5.16. The zero-order chi connectivity index (χ0) is 21.1. The Labute approximate surface area is 173 Å². The fraction of sp³-hybridized carbons (Fsp3) is 0.318. The monoisotopic (exact) mass is 410 g/mol. The van der Waals surface area contributed by atoms with Gasteiger partial charge in [0.25, 0.3) is 5.91 Å². The Morgan fingerprint density at radius 3 is 2.30 bits per heavy atom. The molecule has 0 unspecified atom stereocenters. The van der Waals surface area contributed by atoms with E-state index in [0.717, 1.165) is 0 Å². The van der Waals surface area contributed by atoms with Crippen LogP contribution in [0, 0.1) is 0 Å². The minimum absolute atomic E-state index is 0.0504. The molecule has 2 saturated heterocycles. The van der Waals surface area contributed by atoms with Gasteiger partial charge in [0.05, 0.1) is 19.3 Å². The molecule has 2 amide bonds. The smallest absolute Gasteiger partial charge is 0.412 e. The fourth-order valence-electron chi connectivity index (χ4n) is 3.60. The van der Waals surface area contributed by atoms with Gasteiger partial charge in [0, 0.05) is 16.8 Å². The van der Waals surface area contributed by atoms with Crippen molar-refractivity contribution in [3.63, 3.8) is 0 Å². The summed E-state index contributed by atoms with van der Waals surface area (Å²) in [6.45, 7) is 1.94.